The molecule has 4 aromatic carbocycles. The van der Waals surface area contributed by atoms with Crippen molar-refractivity contribution in [1.29, 1.82) is 0 Å². The maximum Gasteiger partial charge on any atom is 0.423 e. The van der Waals surface area contributed by atoms with Gasteiger partial charge in [-0.1, -0.05) is 47.5 Å². The lowest BCUT2D eigenvalue weighted by molar-refractivity contribution is -0.156. The number of carbonyl (C=O) groups excluding carboxylic acids is 4. The van der Waals surface area contributed by atoms with Gasteiger partial charge in [0.2, 0.25) is 0 Å². The van der Waals surface area contributed by atoms with Gasteiger partial charge in [0.25, 0.3) is 0 Å². The lowest BCUT2D eigenvalue weighted by Crippen LogP contribution is -2.25. The summed E-state index contributed by atoms with van der Waals surface area (Å²) in [6, 6.07) is 20.6. The van der Waals surface area contributed by atoms with E-state index in [0.717, 1.165) is 33.4 Å². The number of aryl methyl sites for hydroxylation is 4. The van der Waals surface area contributed by atoms with Crippen LogP contribution >= 0.6 is 0 Å². The Hall–Kier alpha value is -5.24. The first-order valence-corrected chi connectivity index (χ1v) is 13.4. The third-order valence-electron chi connectivity index (χ3n) is 7.56. The van der Waals surface area contributed by atoms with Crippen molar-refractivity contribution in [2.75, 3.05) is 0 Å². The first-order valence-electron chi connectivity index (χ1n) is 13.4. The Morgan fingerprint density at radius 2 is 0.952 bits per heavy atom. The van der Waals surface area contributed by atoms with Crippen LogP contribution in [0.25, 0.3) is 0 Å². The van der Waals surface area contributed by atoms with Gasteiger partial charge in [-0.2, -0.15) is 0 Å². The molecule has 2 heterocycles. The summed E-state index contributed by atoms with van der Waals surface area (Å²) < 4.78 is 21.5. The summed E-state index contributed by atoms with van der Waals surface area (Å²) in [6.45, 7) is 7.68. The van der Waals surface area contributed by atoms with Crippen LogP contribution in [0.2, 0.25) is 0 Å². The Morgan fingerprint density at radius 1 is 0.548 bits per heavy atom. The molecule has 0 aromatic heterocycles. The van der Waals surface area contributed by atoms with E-state index in [2.05, 4.69) is 0 Å². The smallest absolute Gasteiger partial charge is 0.423 e. The number of esters is 4. The fraction of sp³-hybridized carbons (Fsp3) is 0.176. The molecule has 0 saturated carbocycles. The minimum absolute atomic E-state index is 0.0623. The second-order valence-electron chi connectivity index (χ2n) is 10.6. The summed E-state index contributed by atoms with van der Waals surface area (Å²) in [5, 5.41) is 0. The van der Waals surface area contributed by atoms with Gasteiger partial charge in [-0.25, -0.2) is 9.59 Å². The SMILES string of the molecule is Cc1ccc(C)c(C2C(=O)Oc3ccc(OC(=O)C(=O)Oc4ccc5c(c4)C(c4cc(C)ccc4C)C(=O)O5)cc32)c1. The van der Waals surface area contributed by atoms with E-state index < -0.39 is 35.7 Å². The van der Waals surface area contributed by atoms with Crippen molar-refractivity contribution in [3.63, 3.8) is 0 Å². The quantitative estimate of drug-likeness (QED) is 0.182. The van der Waals surface area contributed by atoms with Crippen LogP contribution in [0.15, 0.2) is 72.8 Å². The summed E-state index contributed by atoms with van der Waals surface area (Å²) in [5.41, 5.74) is 6.47. The zero-order valence-corrected chi connectivity index (χ0v) is 23.3. The van der Waals surface area contributed by atoms with Crippen LogP contribution in [-0.4, -0.2) is 23.9 Å². The van der Waals surface area contributed by atoms with E-state index in [9.17, 15) is 19.2 Å². The Labute approximate surface area is 241 Å². The van der Waals surface area contributed by atoms with Gasteiger partial charge in [0, 0.05) is 11.1 Å². The van der Waals surface area contributed by atoms with E-state index in [0.29, 0.717) is 22.6 Å². The van der Waals surface area contributed by atoms with Crippen LogP contribution in [0.4, 0.5) is 0 Å². The van der Waals surface area contributed by atoms with Crippen molar-refractivity contribution in [3.8, 4) is 23.0 Å². The molecule has 2 unspecified atom stereocenters. The third-order valence-corrected chi connectivity index (χ3v) is 7.56. The normalized spacial score (nSPS) is 16.8. The summed E-state index contributed by atoms with van der Waals surface area (Å²) in [6.07, 6.45) is 0. The summed E-state index contributed by atoms with van der Waals surface area (Å²) in [5.74, 6) is -3.88. The van der Waals surface area contributed by atoms with E-state index in [4.69, 9.17) is 18.9 Å². The minimum Gasteiger partial charge on any atom is -0.425 e. The molecule has 210 valence electrons. The van der Waals surface area contributed by atoms with Gasteiger partial charge < -0.3 is 18.9 Å². The molecule has 8 heteroatoms. The van der Waals surface area contributed by atoms with E-state index in [1.165, 1.54) is 36.4 Å². The first kappa shape index (κ1) is 27.0. The molecule has 0 spiro atoms. The second kappa shape index (κ2) is 10.3. The van der Waals surface area contributed by atoms with E-state index >= 15 is 0 Å². The number of carbonyl (C=O) groups is 4. The zero-order valence-electron chi connectivity index (χ0n) is 23.3. The Kier molecular flexibility index (Phi) is 6.61. The molecule has 6 rings (SSSR count). The summed E-state index contributed by atoms with van der Waals surface area (Å²) >= 11 is 0. The molecule has 0 radical (unpaired) electrons. The van der Waals surface area contributed by atoms with Crippen molar-refractivity contribution in [2.45, 2.75) is 39.5 Å². The zero-order chi connectivity index (χ0) is 29.7. The van der Waals surface area contributed by atoms with Gasteiger partial charge in [-0.05, 0) is 86.3 Å². The number of hydrogen-bond donors (Lipinski definition) is 0. The molecule has 0 aliphatic carbocycles. The van der Waals surface area contributed by atoms with Gasteiger partial charge in [0.1, 0.15) is 34.8 Å². The molecule has 8 nitrogen and oxygen atoms in total. The topological polar surface area (TPSA) is 105 Å². The van der Waals surface area contributed by atoms with Crippen LogP contribution in [0.5, 0.6) is 23.0 Å². The van der Waals surface area contributed by atoms with Gasteiger partial charge in [0.15, 0.2) is 0 Å². The maximum atomic E-state index is 12.8. The maximum absolute atomic E-state index is 12.8. The number of hydrogen-bond acceptors (Lipinski definition) is 8. The van der Waals surface area contributed by atoms with Crippen molar-refractivity contribution in [1.82, 2.24) is 0 Å². The molecule has 2 atom stereocenters. The van der Waals surface area contributed by atoms with Gasteiger partial charge >= 0.3 is 23.9 Å². The monoisotopic (exact) mass is 562 g/mol. The standard InChI is InChI=1S/C34H26O8/c1-17-5-7-19(3)23(13-17)29-25-15-21(9-11-27(25)41-31(29)35)39-33(37)34(38)40-22-10-12-28-26(16-22)30(32(36)42-28)24-14-18(2)6-8-20(24)4/h5-16,29-30H,1-4H3. The predicted molar refractivity (Wildman–Crippen MR) is 151 cm³/mol. The van der Waals surface area contributed by atoms with Crippen molar-refractivity contribution in [2.24, 2.45) is 0 Å². The number of rotatable bonds is 4. The Balaban J connectivity index is 1.21. The lowest BCUT2D eigenvalue weighted by Gasteiger charge is -2.13. The molecule has 0 fully saturated rings. The summed E-state index contributed by atoms with van der Waals surface area (Å²) in [4.78, 5) is 50.9. The van der Waals surface area contributed by atoms with Crippen molar-refractivity contribution in [3.05, 3.63) is 117 Å². The van der Waals surface area contributed by atoms with Crippen LogP contribution < -0.4 is 18.9 Å². The average Bonchev–Trinajstić information content (AvgIpc) is 3.45. The molecule has 0 amide bonds. The number of ether oxygens (including phenoxy) is 4. The van der Waals surface area contributed by atoms with Gasteiger partial charge in [0.05, 0.1) is 0 Å². The molecule has 0 N–H and O–H groups in total. The molecule has 2 aliphatic heterocycles. The summed E-state index contributed by atoms with van der Waals surface area (Å²) in [7, 11) is 0. The highest BCUT2D eigenvalue weighted by Gasteiger charge is 2.37. The van der Waals surface area contributed by atoms with Crippen LogP contribution in [0.1, 0.15) is 56.3 Å². The van der Waals surface area contributed by atoms with Gasteiger partial charge in [-0.3, -0.25) is 9.59 Å². The lowest BCUT2D eigenvalue weighted by atomic mass is 9.88. The highest BCUT2D eigenvalue weighted by atomic mass is 16.6. The van der Waals surface area contributed by atoms with E-state index in [1.54, 1.807) is 0 Å². The fourth-order valence-electron chi connectivity index (χ4n) is 5.43. The van der Waals surface area contributed by atoms with E-state index in [-0.39, 0.29) is 11.5 Å². The average molecular weight is 563 g/mol. The fourth-order valence-corrected chi connectivity index (χ4v) is 5.43. The minimum atomic E-state index is -1.25. The molecular formula is C34H26O8. The third kappa shape index (κ3) is 4.81. The second-order valence-corrected chi connectivity index (χ2v) is 10.6. The highest BCUT2D eigenvalue weighted by molar-refractivity contribution is 6.31. The Morgan fingerprint density at radius 3 is 1.36 bits per heavy atom. The van der Waals surface area contributed by atoms with Crippen molar-refractivity contribution < 1.29 is 38.1 Å². The molecule has 42 heavy (non-hydrogen) atoms. The predicted octanol–water partition coefficient (Wildman–Crippen LogP) is 5.53. The first-order chi connectivity index (χ1) is 20.1. The Bertz CT molecular complexity index is 1690. The number of benzene rings is 4. The largest absolute Gasteiger partial charge is 0.425 e. The van der Waals surface area contributed by atoms with Crippen LogP contribution in [0, 0.1) is 27.7 Å². The molecule has 4 aromatic rings. The van der Waals surface area contributed by atoms with Gasteiger partial charge in [-0.15, -0.1) is 0 Å². The molecular weight excluding hydrogens is 536 g/mol. The molecule has 2 aliphatic rings. The molecule has 0 saturated heterocycles. The number of fused-ring (bicyclic) bond motifs is 2. The highest BCUT2D eigenvalue weighted by Crippen LogP contribution is 2.43. The van der Waals surface area contributed by atoms with E-state index in [1.807, 2.05) is 64.1 Å². The van der Waals surface area contributed by atoms with Crippen LogP contribution in [-0.2, 0) is 19.2 Å². The molecule has 0 bridgehead atoms. The van der Waals surface area contributed by atoms with Crippen LogP contribution in [0.3, 0.4) is 0 Å². The van der Waals surface area contributed by atoms with Crippen molar-refractivity contribution >= 4 is 23.9 Å².